The fourth-order valence-corrected chi connectivity index (χ4v) is 1.19. The second-order valence-electron chi connectivity index (χ2n) is 4.02. The van der Waals surface area contributed by atoms with Crippen LogP contribution in [0, 0.1) is 5.82 Å². The van der Waals surface area contributed by atoms with Gasteiger partial charge in [0.2, 0.25) is 0 Å². The number of urea groups is 1. The molecular weight excluding hydrogens is 279 g/mol. The van der Waals surface area contributed by atoms with Gasteiger partial charge >= 0.3 is 12.0 Å². The fraction of sp³-hybridized carbons (Fsp3) is 0.273. The molecule has 1 aromatic rings. The highest BCUT2D eigenvalue weighted by Crippen LogP contribution is 2.18. The monoisotopic (exact) mass is 290 g/mol. The number of hydrogen-bond acceptors (Lipinski definition) is 3. The van der Waals surface area contributed by atoms with E-state index in [1.807, 2.05) is 0 Å². The van der Waals surface area contributed by atoms with E-state index in [9.17, 15) is 19.1 Å². The molecule has 19 heavy (non-hydrogen) atoms. The minimum Gasteiger partial charge on any atom is -0.479 e. The Hall–Kier alpha value is -1.86. The minimum absolute atomic E-state index is 0.0835. The lowest BCUT2D eigenvalue weighted by atomic mass is 10.1. The molecule has 4 N–H and O–H groups in total. The summed E-state index contributed by atoms with van der Waals surface area (Å²) in [6.07, 6.45) is 0. The van der Waals surface area contributed by atoms with Gasteiger partial charge in [-0.2, -0.15) is 0 Å². The highest BCUT2D eigenvalue weighted by atomic mass is 35.5. The molecule has 0 saturated carbocycles. The zero-order chi connectivity index (χ0) is 14.6. The Kier molecular flexibility index (Phi) is 4.68. The van der Waals surface area contributed by atoms with Crippen molar-refractivity contribution in [3.8, 4) is 0 Å². The van der Waals surface area contributed by atoms with Crippen LogP contribution in [0.5, 0.6) is 0 Å². The third kappa shape index (κ3) is 4.38. The van der Waals surface area contributed by atoms with Crippen molar-refractivity contribution in [1.82, 2.24) is 5.32 Å². The van der Waals surface area contributed by atoms with Gasteiger partial charge in [-0.25, -0.2) is 14.0 Å². The first-order valence-corrected chi connectivity index (χ1v) is 5.56. The summed E-state index contributed by atoms with van der Waals surface area (Å²) < 4.78 is 13.1. The van der Waals surface area contributed by atoms with E-state index in [0.29, 0.717) is 0 Å². The molecule has 1 unspecified atom stereocenters. The second kappa shape index (κ2) is 5.85. The second-order valence-corrected chi connectivity index (χ2v) is 4.42. The number of carboxylic acids is 1. The number of carbonyl (C=O) groups is 2. The predicted molar refractivity (Wildman–Crippen MR) is 66.7 cm³/mol. The smallest absolute Gasteiger partial charge is 0.337 e. The van der Waals surface area contributed by atoms with Crippen LogP contribution in [0.3, 0.4) is 0 Å². The van der Waals surface area contributed by atoms with E-state index in [-0.39, 0.29) is 10.7 Å². The molecule has 104 valence electrons. The molecule has 0 aliphatic carbocycles. The molecule has 0 bridgehead atoms. The first-order valence-electron chi connectivity index (χ1n) is 5.18. The topological polar surface area (TPSA) is 98.7 Å². The van der Waals surface area contributed by atoms with Gasteiger partial charge in [0.05, 0.1) is 11.6 Å². The molecule has 8 heteroatoms. The Bertz CT molecular complexity index is 507. The van der Waals surface area contributed by atoms with Crippen LogP contribution in [0.4, 0.5) is 14.9 Å². The number of amides is 2. The number of aliphatic hydroxyl groups is 1. The zero-order valence-electron chi connectivity index (χ0n) is 9.91. The number of aliphatic carboxylic acids is 1. The van der Waals surface area contributed by atoms with Gasteiger partial charge in [-0.1, -0.05) is 11.6 Å². The highest BCUT2D eigenvalue weighted by Gasteiger charge is 2.30. The van der Waals surface area contributed by atoms with Crippen LogP contribution in [0.2, 0.25) is 5.02 Å². The quantitative estimate of drug-likeness (QED) is 0.674. The minimum atomic E-state index is -2.08. The SMILES string of the molecule is CC(O)(CNC(=O)Nc1ccc(Cl)c(F)c1)C(=O)O. The molecule has 0 aliphatic heterocycles. The molecule has 0 aromatic heterocycles. The predicted octanol–water partition coefficient (Wildman–Crippen LogP) is 1.44. The van der Waals surface area contributed by atoms with Crippen LogP contribution in [-0.4, -0.2) is 34.4 Å². The van der Waals surface area contributed by atoms with Gasteiger partial charge in [0.25, 0.3) is 0 Å². The van der Waals surface area contributed by atoms with E-state index in [4.69, 9.17) is 16.7 Å². The molecule has 0 heterocycles. The normalized spacial score (nSPS) is 13.5. The Morgan fingerprint density at radius 2 is 2.11 bits per heavy atom. The van der Waals surface area contributed by atoms with Crippen LogP contribution in [0.1, 0.15) is 6.92 Å². The lowest BCUT2D eigenvalue weighted by molar-refractivity contribution is -0.155. The molecule has 1 rings (SSSR count). The van der Waals surface area contributed by atoms with Crippen molar-refractivity contribution in [3.63, 3.8) is 0 Å². The average Bonchev–Trinajstić information content (AvgIpc) is 2.31. The fourth-order valence-electron chi connectivity index (χ4n) is 1.08. The van der Waals surface area contributed by atoms with Crippen molar-refractivity contribution in [1.29, 1.82) is 0 Å². The summed E-state index contributed by atoms with van der Waals surface area (Å²) in [5, 5.41) is 22.3. The largest absolute Gasteiger partial charge is 0.479 e. The Morgan fingerprint density at radius 3 is 2.63 bits per heavy atom. The average molecular weight is 291 g/mol. The number of carbonyl (C=O) groups excluding carboxylic acids is 1. The Morgan fingerprint density at radius 1 is 1.47 bits per heavy atom. The van der Waals surface area contributed by atoms with Crippen LogP contribution >= 0.6 is 11.6 Å². The number of anilines is 1. The number of carboxylic acid groups (broad SMARTS) is 1. The van der Waals surface area contributed by atoms with Crippen molar-refractivity contribution in [2.75, 3.05) is 11.9 Å². The molecule has 2 amide bonds. The summed E-state index contributed by atoms with van der Waals surface area (Å²) in [6, 6.07) is 2.88. The summed E-state index contributed by atoms with van der Waals surface area (Å²) in [5.41, 5.74) is -1.93. The highest BCUT2D eigenvalue weighted by molar-refractivity contribution is 6.30. The zero-order valence-corrected chi connectivity index (χ0v) is 10.7. The van der Waals surface area contributed by atoms with Crippen LogP contribution in [0.25, 0.3) is 0 Å². The molecule has 0 fully saturated rings. The molecule has 0 saturated heterocycles. The number of benzene rings is 1. The van der Waals surface area contributed by atoms with E-state index in [2.05, 4.69) is 10.6 Å². The van der Waals surface area contributed by atoms with Crippen LogP contribution in [0.15, 0.2) is 18.2 Å². The van der Waals surface area contributed by atoms with Crippen LogP contribution in [-0.2, 0) is 4.79 Å². The van der Waals surface area contributed by atoms with E-state index in [1.165, 1.54) is 12.1 Å². The maximum atomic E-state index is 13.1. The first kappa shape index (κ1) is 15.2. The standard InChI is InChI=1S/C11H12ClFN2O4/c1-11(19,9(16)17)5-14-10(18)15-6-2-3-7(12)8(13)4-6/h2-4,19H,5H2,1H3,(H,16,17)(H2,14,15,18). The van der Waals surface area contributed by atoms with Crippen molar-refractivity contribution in [3.05, 3.63) is 29.0 Å². The summed E-state index contributed by atoms with van der Waals surface area (Å²) in [7, 11) is 0. The van der Waals surface area contributed by atoms with Gasteiger partial charge < -0.3 is 20.8 Å². The molecule has 0 radical (unpaired) electrons. The van der Waals surface area contributed by atoms with Gasteiger partial charge in [0.15, 0.2) is 5.60 Å². The summed E-state index contributed by atoms with van der Waals surface area (Å²) in [5.74, 6) is -2.16. The number of halogens is 2. The van der Waals surface area contributed by atoms with Gasteiger partial charge in [0, 0.05) is 5.69 Å². The van der Waals surface area contributed by atoms with Gasteiger partial charge in [0.1, 0.15) is 5.82 Å². The third-order valence-electron chi connectivity index (χ3n) is 2.23. The molecule has 6 nitrogen and oxygen atoms in total. The number of hydrogen-bond donors (Lipinski definition) is 4. The number of nitrogens with one attached hydrogen (secondary N) is 2. The van der Waals surface area contributed by atoms with Gasteiger partial charge in [-0.15, -0.1) is 0 Å². The van der Waals surface area contributed by atoms with E-state index in [1.54, 1.807) is 0 Å². The Balaban J connectivity index is 2.56. The van der Waals surface area contributed by atoms with Crippen molar-refractivity contribution < 1.29 is 24.2 Å². The lowest BCUT2D eigenvalue weighted by Gasteiger charge is -2.18. The van der Waals surface area contributed by atoms with E-state index in [0.717, 1.165) is 13.0 Å². The molecule has 1 aromatic carbocycles. The Labute approximate surface area is 113 Å². The van der Waals surface area contributed by atoms with Crippen molar-refractivity contribution in [2.24, 2.45) is 0 Å². The molecule has 0 aliphatic rings. The molecule has 1 atom stereocenters. The number of rotatable bonds is 4. The van der Waals surface area contributed by atoms with E-state index >= 15 is 0 Å². The maximum Gasteiger partial charge on any atom is 0.337 e. The maximum absolute atomic E-state index is 13.1. The summed E-state index contributed by atoms with van der Waals surface area (Å²) in [6.45, 7) is 0.543. The summed E-state index contributed by atoms with van der Waals surface area (Å²) in [4.78, 5) is 22.0. The van der Waals surface area contributed by atoms with Crippen molar-refractivity contribution >= 4 is 29.3 Å². The summed E-state index contributed by atoms with van der Waals surface area (Å²) >= 11 is 5.47. The molecular formula is C11H12ClFN2O4. The third-order valence-corrected chi connectivity index (χ3v) is 2.54. The molecule has 0 spiro atoms. The van der Waals surface area contributed by atoms with Crippen LogP contribution < -0.4 is 10.6 Å². The van der Waals surface area contributed by atoms with Crippen molar-refractivity contribution in [2.45, 2.75) is 12.5 Å². The van der Waals surface area contributed by atoms with Gasteiger partial charge in [-0.3, -0.25) is 0 Å². The van der Waals surface area contributed by atoms with E-state index < -0.39 is 30.0 Å². The first-order chi connectivity index (χ1) is 8.72. The lowest BCUT2D eigenvalue weighted by Crippen LogP contribution is -2.47. The van der Waals surface area contributed by atoms with Gasteiger partial charge in [-0.05, 0) is 25.1 Å².